The van der Waals surface area contributed by atoms with E-state index in [1.807, 2.05) is 45.0 Å². The van der Waals surface area contributed by atoms with Crippen molar-refractivity contribution < 1.29 is 4.79 Å². The Morgan fingerprint density at radius 1 is 1.38 bits per heavy atom. The van der Waals surface area contributed by atoms with Crippen LogP contribution in [0.5, 0.6) is 0 Å². The molecular weight excluding hydrogens is 304 g/mol. The Labute approximate surface area is 132 Å². The van der Waals surface area contributed by atoms with E-state index in [-0.39, 0.29) is 5.91 Å². The minimum atomic E-state index is -0.0424. The lowest BCUT2D eigenvalue weighted by Crippen LogP contribution is -2.13. The fraction of sp³-hybridized carbons (Fsp3) is 0.357. The van der Waals surface area contributed by atoms with Gasteiger partial charge in [-0.1, -0.05) is 35.2 Å². The van der Waals surface area contributed by atoms with Gasteiger partial charge in [-0.25, -0.2) is 0 Å². The van der Waals surface area contributed by atoms with Crippen LogP contribution in [-0.4, -0.2) is 27.9 Å². The predicted molar refractivity (Wildman–Crippen MR) is 89.2 cm³/mol. The van der Waals surface area contributed by atoms with Crippen molar-refractivity contribution in [1.29, 1.82) is 0 Å². The number of carbonyl (C=O) groups is 1. The molecule has 0 bridgehead atoms. The molecule has 1 heterocycles. The van der Waals surface area contributed by atoms with Crippen molar-refractivity contribution in [3.8, 4) is 0 Å². The molecule has 1 aromatic heterocycles. The average molecular weight is 322 g/mol. The molecule has 21 heavy (non-hydrogen) atoms. The van der Waals surface area contributed by atoms with E-state index in [4.69, 9.17) is 0 Å². The Hall–Kier alpha value is -1.60. The van der Waals surface area contributed by atoms with Gasteiger partial charge in [-0.05, 0) is 38.5 Å². The monoisotopic (exact) mass is 322 g/mol. The average Bonchev–Trinajstić information content (AvgIpc) is 2.83. The van der Waals surface area contributed by atoms with Crippen molar-refractivity contribution in [2.75, 3.05) is 16.4 Å². The zero-order valence-electron chi connectivity index (χ0n) is 12.2. The number of hydrogen-bond acceptors (Lipinski definition) is 6. The minimum Gasteiger partial charge on any atom is -0.358 e. The lowest BCUT2D eigenvalue weighted by molar-refractivity contribution is -0.113. The highest BCUT2D eigenvalue weighted by atomic mass is 32.2. The number of thioether (sulfide) groups is 1. The molecule has 0 spiro atoms. The summed E-state index contributed by atoms with van der Waals surface area (Å²) >= 11 is 2.85. The molecular formula is C14H18N4OS2. The summed E-state index contributed by atoms with van der Waals surface area (Å²) in [4.78, 5) is 11.9. The number of anilines is 2. The summed E-state index contributed by atoms with van der Waals surface area (Å²) in [6, 6.07) is 8.06. The van der Waals surface area contributed by atoms with E-state index in [1.165, 1.54) is 23.1 Å². The van der Waals surface area contributed by atoms with Crippen LogP contribution in [0.1, 0.15) is 19.4 Å². The molecule has 0 aliphatic rings. The molecule has 5 nitrogen and oxygen atoms in total. The first kappa shape index (κ1) is 15.8. The molecule has 0 radical (unpaired) electrons. The van der Waals surface area contributed by atoms with Crippen LogP contribution in [0.15, 0.2) is 28.6 Å². The Morgan fingerprint density at radius 3 is 2.90 bits per heavy atom. The summed E-state index contributed by atoms with van der Waals surface area (Å²) in [6.07, 6.45) is 0. The molecule has 0 unspecified atom stereocenters. The van der Waals surface area contributed by atoms with Crippen LogP contribution in [0.3, 0.4) is 0 Å². The molecule has 0 atom stereocenters. The molecule has 1 amide bonds. The van der Waals surface area contributed by atoms with Gasteiger partial charge < -0.3 is 10.6 Å². The van der Waals surface area contributed by atoms with Gasteiger partial charge in [0.1, 0.15) is 0 Å². The Balaban J connectivity index is 1.82. The van der Waals surface area contributed by atoms with Crippen LogP contribution < -0.4 is 10.6 Å². The molecule has 0 aliphatic heterocycles. The number of nitrogens with one attached hydrogen (secondary N) is 2. The number of carbonyl (C=O) groups excluding carboxylic acids is 1. The van der Waals surface area contributed by atoms with Gasteiger partial charge in [0.15, 0.2) is 4.34 Å². The van der Waals surface area contributed by atoms with Crippen LogP contribution in [-0.2, 0) is 4.79 Å². The minimum absolute atomic E-state index is 0.0424. The second kappa shape index (κ2) is 7.42. The van der Waals surface area contributed by atoms with Gasteiger partial charge in [-0.2, -0.15) is 0 Å². The normalized spacial score (nSPS) is 10.7. The van der Waals surface area contributed by atoms with Gasteiger partial charge in [0.25, 0.3) is 0 Å². The van der Waals surface area contributed by atoms with Gasteiger partial charge in [0, 0.05) is 11.7 Å². The zero-order chi connectivity index (χ0) is 15.2. The molecule has 0 fully saturated rings. The fourth-order valence-electron chi connectivity index (χ4n) is 1.62. The lowest BCUT2D eigenvalue weighted by atomic mass is 10.2. The van der Waals surface area contributed by atoms with Crippen molar-refractivity contribution in [1.82, 2.24) is 10.2 Å². The van der Waals surface area contributed by atoms with E-state index in [9.17, 15) is 4.79 Å². The first-order chi connectivity index (χ1) is 10.0. The van der Waals surface area contributed by atoms with Crippen molar-refractivity contribution in [2.45, 2.75) is 31.2 Å². The number of aromatic nitrogens is 2. The highest BCUT2D eigenvalue weighted by Crippen LogP contribution is 2.25. The predicted octanol–water partition coefficient (Wildman–Crippen LogP) is 3.40. The summed E-state index contributed by atoms with van der Waals surface area (Å²) in [6.45, 7) is 6.09. The van der Waals surface area contributed by atoms with Crippen LogP contribution in [0.25, 0.3) is 0 Å². The molecule has 2 aromatic rings. The lowest BCUT2D eigenvalue weighted by Gasteiger charge is -2.04. The van der Waals surface area contributed by atoms with Crippen LogP contribution in [0.4, 0.5) is 10.8 Å². The van der Waals surface area contributed by atoms with E-state index < -0.39 is 0 Å². The summed E-state index contributed by atoms with van der Waals surface area (Å²) in [5, 5.41) is 14.9. The Bertz CT molecular complexity index is 613. The summed E-state index contributed by atoms with van der Waals surface area (Å²) in [7, 11) is 0. The molecule has 0 aliphatic carbocycles. The molecule has 2 N–H and O–H groups in total. The Morgan fingerprint density at radius 2 is 2.19 bits per heavy atom. The molecule has 0 saturated heterocycles. The number of hydrogen-bond donors (Lipinski definition) is 2. The quantitative estimate of drug-likeness (QED) is 0.798. The van der Waals surface area contributed by atoms with Crippen molar-refractivity contribution in [3.05, 3.63) is 29.8 Å². The topological polar surface area (TPSA) is 66.9 Å². The van der Waals surface area contributed by atoms with E-state index in [2.05, 4.69) is 20.8 Å². The van der Waals surface area contributed by atoms with E-state index >= 15 is 0 Å². The maximum atomic E-state index is 11.9. The van der Waals surface area contributed by atoms with Crippen molar-refractivity contribution >= 4 is 39.8 Å². The molecule has 2 rings (SSSR count). The van der Waals surface area contributed by atoms with Gasteiger partial charge in [-0.3, -0.25) is 4.79 Å². The number of rotatable bonds is 6. The molecule has 1 aromatic carbocycles. The highest BCUT2D eigenvalue weighted by molar-refractivity contribution is 8.01. The second-order valence-corrected chi connectivity index (χ2v) is 7.08. The number of aryl methyl sites for hydroxylation is 1. The van der Waals surface area contributed by atoms with Crippen LogP contribution in [0.2, 0.25) is 0 Å². The molecule has 112 valence electrons. The maximum absolute atomic E-state index is 11.9. The first-order valence-electron chi connectivity index (χ1n) is 6.62. The number of nitrogens with zero attached hydrogens (tertiary/aromatic N) is 2. The van der Waals surface area contributed by atoms with E-state index in [0.717, 1.165) is 20.7 Å². The summed E-state index contributed by atoms with van der Waals surface area (Å²) < 4.78 is 0.789. The first-order valence-corrected chi connectivity index (χ1v) is 8.42. The smallest absolute Gasteiger partial charge is 0.234 e. The third-order valence-corrected chi connectivity index (χ3v) is 4.43. The summed E-state index contributed by atoms with van der Waals surface area (Å²) in [5.41, 5.74) is 1.94. The fourth-order valence-corrected chi connectivity index (χ4v) is 3.32. The van der Waals surface area contributed by atoms with Gasteiger partial charge in [0.2, 0.25) is 11.0 Å². The van der Waals surface area contributed by atoms with Gasteiger partial charge in [-0.15, -0.1) is 10.2 Å². The van der Waals surface area contributed by atoms with E-state index in [0.29, 0.717) is 11.8 Å². The van der Waals surface area contributed by atoms with Crippen molar-refractivity contribution in [2.24, 2.45) is 0 Å². The number of benzene rings is 1. The molecule has 0 saturated carbocycles. The third kappa shape index (κ3) is 5.35. The second-order valence-electron chi connectivity index (χ2n) is 4.88. The standard InChI is InChI=1S/C14H18N4OS2/c1-9(2)15-13-17-18-14(21-13)20-8-12(19)16-11-6-4-5-10(3)7-11/h4-7,9H,8H2,1-3H3,(H,15,17)(H,16,19). The van der Waals surface area contributed by atoms with Gasteiger partial charge >= 0.3 is 0 Å². The maximum Gasteiger partial charge on any atom is 0.234 e. The molecule has 7 heteroatoms. The SMILES string of the molecule is Cc1cccc(NC(=O)CSc2nnc(NC(C)C)s2)c1. The largest absolute Gasteiger partial charge is 0.358 e. The number of amides is 1. The van der Waals surface area contributed by atoms with Crippen LogP contribution >= 0.6 is 23.1 Å². The van der Waals surface area contributed by atoms with E-state index in [1.54, 1.807) is 0 Å². The third-order valence-electron chi connectivity index (χ3n) is 2.45. The zero-order valence-corrected chi connectivity index (χ0v) is 13.8. The Kier molecular flexibility index (Phi) is 5.58. The van der Waals surface area contributed by atoms with Crippen molar-refractivity contribution in [3.63, 3.8) is 0 Å². The highest BCUT2D eigenvalue weighted by Gasteiger charge is 2.09. The summed E-state index contributed by atoms with van der Waals surface area (Å²) in [5.74, 6) is 0.281. The van der Waals surface area contributed by atoms with Crippen LogP contribution in [0, 0.1) is 6.92 Å². The van der Waals surface area contributed by atoms with Gasteiger partial charge in [0.05, 0.1) is 5.75 Å².